The summed E-state index contributed by atoms with van der Waals surface area (Å²) in [6, 6.07) is 22.1. The molecule has 0 saturated heterocycles. The maximum Gasteiger partial charge on any atom is 0.307 e. The predicted octanol–water partition coefficient (Wildman–Crippen LogP) is 4.62. The number of carboxylic acid groups (broad SMARTS) is 1. The molecule has 3 rings (SSSR count). The molecule has 0 fully saturated rings. The molecule has 0 atom stereocenters. The van der Waals surface area contributed by atoms with E-state index in [2.05, 4.69) is 24.3 Å². The summed E-state index contributed by atoms with van der Waals surface area (Å²) in [5.41, 5.74) is 0.850. The van der Waals surface area contributed by atoms with Gasteiger partial charge < -0.3 is 5.11 Å². The molecule has 0 aliphatic heterocycles. The number of rotatable bonds is 4. The molecule has 0 amide bonds. The monoisotopic (exact) mass is 294 g/mol. The van der Waals surface area contributed by atoms with Crippen LogP contribution in [0.5, 0.6) is 0 Å². The van der Waals surface area contributed by atoms with Crippen LogP contribution in [0.2, 0.25) is 0 Å². The standard InChI is InChI=1S/C18H14O2S/c19-18(20)12-14-7-2-4-10-16(14)21-17-11-5-8-13-6-1-3-9-15(13)17/h1-11H,12H2,(H,19,20). The van der Waals surface area contributed by atoms with Crippen molar-refractivity contribution in [1.29, 1.82) is 0 Å². The topological polar surface area (TPSA) is 37.3 Å². The van der Waals surface area contributed by atoms with Crippen molar-refractivity contribution in [3.63, 3.8) is 0 Å². The molecule has 21 heavy (non-hydrogen) atoms. The SMILES string of the molecule is O=C(O)Cc1ccccc1Sc1cccc2ccccc12. The Balaban J connectivity index is 2.01. The summed E-state index contributed by atoms with van der Waals surface area (Å²) in [5.74, 6) is -0.805. The van der Waals surface area contributed by atoms with Crippen molar-refractivity contribution < 1.29 is 9.90 Å². The first-order valence-electron chi connectivity index (χ1n) is 6.69. The van der Waals surface area contributed by atoms with E-state index in [1.165, 1.54) is 10.8 Å². The van der Waals surface area contributed by atoms with E-state index in [4.69, 9.17) is 5.11 Å². The normalized spacial score (nSPS) is 10.7. The molecule has 0 saturated carbocycles. The quantitative estimate of drug-likeness (QED) is 0.763. The highest BCUT2D eigenvalue weighted by Crippen LogP contribution is 2.35. The molecule has 0 spiro atoms. The average Bonchev–Trinajstić information content (AvgIpc) is 2.49. The molecule has 3 heteroatoms. The number of fused-ring (bicyclic) bond motifs is 1. The molecule has 0 radical (unpaired) electrons. The number of benzene rings is 3. The van der Waals surface area contributed by atoms with Gasteiger partial charge in [-0.3, -0.25) is 4.79 Å². The van der Waals surface area contributed by atoms with Crippen LogP contribution < -0.4 is 0 Å². The Morgan fingerprint density at radius 1 is 0.857 bits per heavy atom. The van der Waals surface area contributed by atoms with Crippen LogP contribution in [0.1, 0.15) is 5.56 Å². The van der Waals surface area contributed by atoms with E-state index in [9.17, 15) is 4.79 Å². The van der Waals surface area contributed by atoms with Crippen LogP contribution in [-0.2, 0) is 11.2 Å². The van der Waals surface area contributed by atoms with Crippen LogP contribution in [0.25, 0.3) is 10.8 Å². The molecule has 0 aliphatic rings. The van der Waals surface area contributed by atoms with Gasteiger partial charge in [-0.1, -0.05) is 66.4 Å². The minimum Gasteiger partial charge on any atom is -0.481 e. The second-order valence-electron chi connectivity index (χ2n) is 4.76. The maximum atomic E-state index is 11.0. The van der Waals surface area contributed by atoms with E-state index in [1.54, 1.807) is 11.8 Å². The van der Waals surface area contributed by atoms with E-state index in [0.717, 1.165) is 15.4 Å². The summed E-state index contributed by atoms with van der Waals surface area (Å²) in [4.78, 5) is 13.1. The molecule has 3 aromatic rings. The smallest absolute Gasteiger partial charge is 0.307 e. The first-order valence-corrected chi connectivity index (χ1v) is 7.51. The van der Waals surface area contributed by atoms with Gasteiger partial charge in [0, 0.05) is 9.79 Å². The highest BCUT2D eigenvalue weighted by Gasteiger charge is 2.09. The Hall–Kier alpha value is -2.26. The van der Waals surface area contributed by atoms with Gasteiger partial charge in [0.15, 0.2) is 0 Å². The lowest BCUT2D eigenvalue weighted by molar-refractivity contribution is -0.136. The van der Waals surface area contributed by atoms with Gasteiger partial charge in [0.1, 0.15) is 0 Å². The van der Waals surface area contributed by atoms with Crippen LogP contribution in [0.15, 0.2) is 76.5 Å². The van der Waals surface area contributed by atoms with Crippen molar-refractivity contribution >= 4 is 28.5 Å². The summed E-state index contributed by atoms with van der Waals surface area (Å²) < 4.78 is 0. The molecule has 104 valence electrons. The van der Waals surface area contributed by atoms with Gasteiger partial charge in [-0.25, -0.2) is 0 Å². The van der Waals surface area contributed by atoms with Gasteiger partial charge >= 0.3 is 5.97 Å². The van der Waals surface area contributed by atoms with Crippen LogP contribution in [0.4, 0.5) is 0 Å². The largest absolute Gasteiger partial charge is 0.481 e. The summed E-state index contributed by atoms with van der Waals surface area (Å²) in [5, 5.41) is 11.4. The van der Waals surface area contributed by atoms with E-state index >= 15 is 0 Å². The van der Waals surface area contributed by atoms with E-state index in [-0.39, 0.29) is 6.42 Å². The summed E-state index contributed by atoms with van der Waals surface area (Å²) >= 11 is 1.62. The Morgan fingerprint density at radius 3 is 2.38 bits per heavy atom. The zero-order chi connectivity index (χ0) is 14.7. The Labute approximate surface area is 127 Å². The minimum atomic E-state index is -0.805. The van der Waals surface area contributed by atoms with E-state index in [1.807, 2.05) is 42.5 Å². The van der Waals surface area contributed by atoms with Gasteiger partial charge in [-0.2, -0.15) is 0 Å². The third kappa shape index (κ3) is 3.09. The van der Waals surface area contributed by atoms with Crippen LogP contribution in [-0.4, -0.2) is 11.1 Å². The molecule has 0 bridgehead atoms. The molecule has 0 aromatic heterocycles. The number of aliphatic carboxylic acids is 1. The van der Waals surface area contributed by atoms with E-state index in [0.29, 0.717) is 0 Å². The van der Waals surface area contributed by atoms with Gasteiger partial charge in [-0.05, 0) is 28.5 Å². The molecule has 3 aromatic carbocycles. The van der Waals surface area contributed by atoms with Gasteiger partial charge in [0.25, 0.3) is 0 Å². The van der Waals surface area contributed by atoms with Gasteiger partial charge in [0.05, 0.1) is 6.42 Å². The fourth-order valence-electron chi connectivity index (χ4n) is 2.32. The second kappa shape index (κ2) is 6.02. The molecular formula is C18H14O2S. The predicted molar refractivity (Wildman–Crippen MR) is 85.9 cm³/mol. The fourth-order valence-corrected chi connectivity index (χ4v) is 3.41. The summed E-state index contributed by atoms with van der Waals surface area (Å²) in [6.45, 7) is 0. The van der Waals surface area contributed by atoms with Crippen LogP contribution in [0, 0.1) is 0 Å². The van der Waals surface area contributed by atoms with Crippen LogP contribution >= 0.6 is 11.8 Å². The van der Waals surface area contributed by atoms with Crippen molar-refractivity contribution in [3.05, 3.63) is 72.3 Å². The van der Waals surface area contributed by atoms with Crippen molar-refractivity contribution in [2.75, 3.05) is 0 Å². The molecule has 2 nitrogen and oxygen atoms in total. The second-order valence-corrected chi connectivity index (χ2v) is 5.84. The first-order chi connectivity index (χ1) is 10.2. The van der Waals surface area contributed by atoms with E-state index < -0.39 is 5.97 Å². The number of carbonyl (C=O) groups is 1. The zero-order valence-electron chi connectivity index (χ0n) is 11.3. The van der Waals surface area contributed by atoms with Crippen molar-refractivity contribution in [3.8, 4) is 0 Å². The lowest BCUT2D eigenvalue weighted by atomic mass is 10.1. The summed E-state index contributed by atoms with van der Waals surface area (Å²) in [6.07, 6.45) is 0.0495. The van der Waals surface area contributed by atoms with Crippen LogP contribution in [0.3, 0.4) is 0 Å². The minimum absolute atomic E-state index is 0.0495. The van der Waals surface area contributed by atoms with Crippen molar-refractivity contribution in [2.45, 2.75) is 16.2 Å². The van der Waals surface area contributed by atoms with Crippen molar-refractivity contribution in [1.82, 2.24) is 0 Å². The highest BCUT2D eigenvalue weighted by molar-refractivity contribution is 7.99. The molecule has 0 heterocycles. The maximum absolute atomic E-state index is 11.0. The molecular weight excluding hydrogens is 280 g/mol. The molecule has 0 aliphatic carbocycles. The van der Waals surface area contributed by atoms with Gasteiger partial charge in [-0.15, -0.1) is 0 Å². The first kappa shape index (κ1) is 13.7. The van der Waals surface area contributed by atoms with Crippen molar-refractivity contribution in [2.24, 2.45) is 0 Å². The third-order valence-electron chi connectivity index (χ3n) is 3.28. The lowest BCUT2D eigenvalue weighted by Gasteiger charge is -2.09. The van der Waals surface area contributed by atoms with Gasteiger partial charge in [0.2, 0.25) is 0 Å². The Morgan fingerprint density at radius 2 is 1.52 bits per heavy atom. The average molecular weight is 294 g/mol. The highest BCUT2D eigenvalue weighted by atomic mass is 32.2. The Bertz CT molecular complexity index is 791. The fraction of sp³-hybridized carbons (Fsp3) is 0.0556. The molecule has 0 unspecified atom stereocenters. The summed E-state index contributed by atoms with van der Waals surface area (Å²) in [7, 11) is 0. The number of hydrogen-bond donors (Lipinski definition) is 1. The number of hydrogen-bond acceptors (Lipinski definition) is 2. The molecule has 1 N–H and O–H groups in total. The lowest BCUT2D eigenvalue weighted by Crippen LogP contribution is -2.01. The third-order valence-corrected chi connectivity index (χ3v) is 4.48. The number of carboxylic acids is 1. The Kier molecular flexibility index (Phi) is 3.93. The zero-order valence-corrected chi connectivity index (χ0v) is 12.1.